The highest BCUT2D eigenvalue weighted by atomic mass is 16.6. The molecule has 166 valence electrons. The molecule has 1 aliphatic carbocycles. The van der Waals surface area contributed by atoms with Crippen molar-refractivity contribution >= 4 is 12.2 Å². The van der Waals surface area contributed by atoms with E-state index >= 15 is 0 Å². The van der Waals surface area contributed by atoms with Crippen LogP contribution in [0.1, 0.15) is 52.0 Å². The molecule has 30 heavy (non-hydrogen) atoms. The second kappa shape index (κ2) is 9.69. The van der Waals surface area contributed by atoms with Gasteiger partial charge in [-0.25, -0.2) is 9.59 Å². The largest absolute Gasteiger partial charge is 0.445 e. The highest BCUT2D eigenvalue weighted by Gasteiger charge is 2.40. The molecule has 3 rings (SSSR count). The summed E-state index contributed by atoms with van der Waals surface area (Å²) in [6.07, 6.45) is 2.74. The number of nitrogens with zero attached hydrogens (tertiary/aromatic N) is 2. The molecule has 2 aliphatic rings. The van der Waals surface area contributed by atoms with Crippen molar-refractivity contribution in [3.8, 4) is 0 Å². The Balaban J connectivity index is 1.51. The van der Waals surface area contributed by atoms with Gasteiger partial charge in [0, 0.05) is 19.1 Å². The first-order chi connectivity index (χ1) is 14.2. The molecular formula is C23H34N2O5. The molecule has 2 amide bonds. The molecule has 0 atom stereocenters. The third kappa shape index (κ3) is 5.88. The molecule has 1 saturated heterocycles. The molecule has 0 aromatic heterocycles. The molecule has 0 unspecified atom stereocenters. The van der Waals surface area contributed by atoms with Gasteiger partial charge in [-0.1, -0.05) is 30.3 Å². The van der Waals surface area contributed by atoms with E-state index in [1.165, 1.54) is 0 Å². The predicted molar refractivity (Wildman–Crippen MR) is 113 cm³/mol. The smallest absolute Gasteiger partial charge is 0.410 e. The molecule has 0 radical (unpaired) electrons. The summed E-state index contributed by atoms with van der Waals surface area (Å²) in [5.74, 6) is 0. The number of hydrogen-bond acceptors (Lipinski definition) is 5. The van der Waals surface area contributed by atoms with Crippen molar-refractivity contribution in [1.82, 2.24) is 9.80 Å². The number of carbonyl (C=O) groups excluding carboxylic acids is 2. The van der Waals surface area contributed by atoms with Crippen LogP contribution in [0.15, 0.2) is 30.3 Å². The van der Waals surface area contributed by atoms with Gasteiger partial charge in [-0.15, -0.1) is 0 Å². The maximum absolute atomic E-state index is 12.8. The number of amides is 2. The standard InChI is InChI=1S/C23H34N2O5/c1-23(2,3)30-22(27)25(20-15-28-16-20)19-12-10-18(11-13-19)24(4)21(26)29-14-17-8-6-5-7-9-17/h5-9,18-20H,10-16H2,1-4H3. The van der Waals surface area contributed by atoms with Gasteiger partial charge >= 0.3 is 12.2 Å². The van der Waals surface area contributed by atoms with Crippen LogP contribution in [0.2, 0.25) is 0 Å². The van der Waals surface area contributed by atoms with E-state index in [-0.39, 0.29) is 36.9 Å². The van der Waals surface area contributed by atoms with E-state index in [2.05, 4.69) is 0 Å². The predicted octanol–water partition coefficient (Wildman–Crippen LogP) is 4.20. The van der Waals surface area contributed by atoms with Crippen molar-refractivity contribution in [2.45, 2.75) is 76.8 Å². The molecule has 1 aliphatic heterocycles. The Morgan fingerprint density at radius 3 is 2.10 bits per heavy atom. The van der Waals surface area contributed by atoms with Gasteiger partial charge < -0.3 is 19.1 Å². The van der Waals surface area contributed by atoms with Gasteiger partial charge in [0.05, 0.1) is 19.3 Å². The van der Waals surface area contributed by atoms with Crippen LogP contribution in [0.4, 0.5) is 9.59 Å². The minimum Gasteiger partial charge on any atom is -0.445 e. The third-order valence-corrected chi connectivity index (χ3v) is 5.72. The molecular weight excluding hydrogens is 384 g/mol. The van der Waals surface area contributed by atoms with E-state index in [4.69, 9.17) is 14.2 Å². The van der Waals surface area contributed by atoms with Crippen molar-refractivity contribution in [1.29, 1.82) is 0 Å². The highest BCUT2D eigenvalue weighted by molar-refractivity contribution is 5.69. The van der Waals surface area contributed by atoms with Gasteiger partial charge in [0.2, 0.25) is 0 Å². The molecule has 7 heteroatoms. The molecule has 1 aromatic carbocycles. The lowest BCUT2D eigenvalue weighted by Crippen LogP contribution is -2.58. The topological polar surface area (TPSA) is 68.3 Å². The van der Waals surface area contributed by atoms with Gasteiger partial charge in [0.1, 0.15) is 12.2 Å². The number of hydrogen-bond donors (Lipinski definition) is 0. The molecule has 0 bridgehead atoms. The minimum atomic E-state index is -0.528. The lowest BCUT2D eigenvalue weighted by molar-refractivity contribution is -0.0881. The monoisotopic (exact) mass is 418 g/mol. The summed E-state index contributed by atoms with van der Waals surface area (Å²) in [6.45, 7) is 7.04. The summed E-state index contributed by atoms with van der Waals surface area (Å²) < 4.78 is 16.4. The fourth-order valence-electron chi connectivity index (χ4n) is 3.99. The first-order valence-corrected chi connectivity index (χ1v) is 10.8. The van der Waals surface area contributed by atoms with Gasteiger partial charge in [0.15, 0.2) is 0 Å². The average Bonchev–Trinajstić information content (AvgIpc) is 2.67. The number of rotatable bonds is 5. The van der Waals surface area contributed by atoms with Crippen LogP contribution in [0.5, 0.6) is 0 Å². The van der Waals surface area contributed by atoms with E-state index in [1.54, 1.807) is 11.9 Å². The minimum absolute atomic E-state index is 0.0787. The Morgan fingerprint density at radius 1 is 0.967 bits per heavy atom. The van der Waals surface area contributed by atoms with Gasteiger partial charge in [-0.3, -0.25) is 4.90 Å². The summed E-state index contributed by atoms with van der Waals surface area (Å²) >= 11 is 0. The Labute approximate surface area is 179 Å². The Kier molecular flexibility index (Phi) is 7.23. The van der Waals surface area contributed by atoms with Gasteiger partial charge in [-0.2, -0.15) is 0 Å². The first-order valence-electron chi connectivity index (χ1n) is 10.8. The second-order valence-corrected chi connectivity index (χ2v) is 9.19. The quantitative estimate of drug-likeness (QED) is 0.717. The van der Waals surface area contributed by atoms with Crippen LogP contribution in [-0.2, 0) is 20.8 Å². The van der Waals surface area contributed by atoms with E-state index in [0.717, 1.165) is 31.2 Å². The Morgan fingerprint density at radius 2 is 1.57 bits per heavy atom. The summed E-state index contributed by atoms with van der Waals surface area (Å²) in [5.41, 5.74) is 0.443. The van der Waals surface area contributed by atoms with Crippen LogP contribution < -0.4 is 0 Å². The Bertz CT molecular complexity index is 706. The number of carbonyl (C=O) groups is 2. The van der Waals surface area contributed by atoms with Crippen LogP contribution in [0, 0.1) is 0 Å². The summed E-state index contributed by atoms with van der Waals surface area (Å²) in [7, 11) is 1.80. The van der Waals surface area contributed by atoms with Crippen molar-refractivity contribution in [2.75, 3.05) is 20.3 Å². The van der Waals surface area contributed by atoms with E-state index in [0.29, 0.717) is 13.2 Å². The van der Waals surface area contributed by atoms with Crippen LogP contribution >= 0.6 is 0 Å². The van der Waals surface area contributed by atoms with Gasteiger partial charge in [0.25, 0.3) is 0 Å². The maximum atomic E-state index is 12.8. The zero-order valence-electron chi connectivity index (χ0n) is 18.5. The fourth-order valence-corrected chi connectivity index (χ4v) is 3.99. The molecule has 2 fully saturated rings. The second-order valence-electron chi connectivity index (χ2n) is 9.19. The van der Waals surface area contributed by atoms with Crippen molar-refractivity contribution in [3.05, 3.63) is 35.9 Å². The van der Waals surface area contributed by atoms with E-state index in [1.807, 2.05) is 56.0 Å². The molecule has 1 aromatic rings. The van der Waals surface area contributed by atoms with Crippen LogP contribution in [0.25, 0.3) is 0 Å². The zero-order chi connectivity index (χ0) is 21.7. The van der Waals surface area contributed by atoms with E-state index < -0.39 is 5.60 Å². The number of benzene rings is 1. The maximum Gasteiger partial charge on any atom is 0.410 e. The third-order valence-electron chi connectivity index (χ3n) is 5.72. The normalized spacial score (nSPS) is 22.0. The van der Waals surface area contributed by atoms with Crippen molar-refractivity contribution in [2.24, 2.45) is 0 Å². The van der Waals surface area contributed by atoms with Crippen LogP contribution in [0.3, 0.4) is 0 Å². The molecule has 0 N–H and O–H groups in total. The van der Waals surface area contributed by atoms with Crippen molar-refractivity contribution < 1.29 is 23.8 Å². The average molecular weight is 419 g/mol. The Hall–Kier alpha value is -2.28. The lowest BCUT2D eigenvalue weighted by atomic mass is 9.88. The van der Waals surface area contributed by atoms with Crippen molar-refractivity contribution in [3.63, 3.8) is 0 Å². The first kappa shape index (κ1) is 22.4. The summed E-state index contributed by atoms with van der Waals surface area (Å²) in [4.78, 5) is 28.8. The SMILES string of the molecule is CN(C(=O)OCc1ccccc1)C1CCC(N(C(=O)OC(C)(C)C)C2COC2)CC1. The molecule has 0 spiro atoms. The highest BCUT2D eigenvalue weighted by Crippen LogP contribution is 2.30. The van der Waals surface area contributed by atoms with Crippen LogP contribution in [-0.4, -0.2) is 66.0 Å². The molecule has 1 heterocycles. The number of ether oxygens (including phenoxy) is 3. The van der Waals surface area contributed by atoms with Gasteiger partial charge in [-0.05, 0) is 52.0 Å². The molecule has 7 nitrogen and oxygen atoms in total. The summed E-state index contributed by atoms with van der Waals surface area (Å²) in [6, 6.07) is 9.97. The lowest BCUT2D eigenvalue weighted by Gasteiger charge is -2.45. The summed E-state index contributed by atoms with van der Waals surface area (Å²) in [5, 5.41) is 0. The fraction of sp³-hybridized carbons (Fsp3) is 0.652. The zero-order valence-corrected chi connectivity index (χ0v) is 18.5. The van der Waals surface area contributed by atoms with E-state index in [9.17, 15) is 9.59 Å². The molecule has 1 saturated carbocycles.